The van der Waals surface area contributed by atoms with Crippen LogP contribution < -0.4 is 0 Å². The van der Waals surface area contributed by atoms with Crippen molar-refractivity contribution in [3.05, 3.63) is 27.7 Å². The molecular formula is C8H3BrClNO3S. The number of benzene rings is 1. The second-order valence-electron chi connectivity index (χ2n) is 2.51. The number of rotatable bonds is 2. The molecule has 78 valence electrons. The molecule has 1 aromatic carbocycles. The zero-order valence-electron chi connectivity index (χ0n) is 7.07. The zero-order valence-corrected chi connectivity index (χ0v) is 10.2. The first-order valence-electron chi connectivity index (χ1n) is 3.54. The summed E-state index contributed by atoms with van der Waals surface area (Å²) < 4.78 is 22.3. The molecule has 1 aromatic rings. The van der Waals surface area contributed by atoms with Gasteiger partial charge in [0, 0.05) is 20.7 Å². The average molecular weight is 309 g/mol. The first kappa shape index (κ1) is 12.2. The molecule has 0 aliphatic carbocycles. The predicted octanol–water partition coefficient (Wildman–Crippen LogP) is 2.06. The fourth-order valence-electron chi connectivity index (χ4n) is 0.973. The summed E-state index contributed by atoms with van der Waals surface area (Å²) in [6, 6.07) is 4.07. The Morgan fingerprint density at radius 2 is 2.07 bits per heavy atom. The van der Waals surface area contributed by atoms with Gasteiger partial charge in [-0.2, -0.15) is 5.26 Å². The first-order chi connectivity index (χ1) is 6.91. The van der Waals surface area contributed by atoms with E-state index in [0.717, 1.165) is 6.07 Å². The Morgan fingerprint density at radius 1 is 1.47 bits per heavy atom. The SMILES string of the molecule is N#Cc1c(S(=O)(=O)Cl)ccc(C=O)c1Br. The third-order valence-electron chi connectivity index (χ3n) is 1.64. The number of carbonyl (C=O) groups excluding carboxylic acids is 1. The quantitative estimate of drug-likeness (QED) is 0.619. The summed E-state index contributed by atoms with van der Waals surface area (Å²) in [6.45, 7) is 0. The number of carbonyl (C=O) groups is 1. The monoisotopic (exact) mass is 307 g/mol. The predicted molar refractivity (Wildman–Crippen MR) is 57.3 cm³/mol. The third kappa shape index (κ3) is 2.37. The largest absolute Gasteiger partial charge is 0.298 e. The molecule has 0 aliphatic rings. The van der Waals surface area contributed by atoms with Crippen LogP contribution in [0.1, 0.15) is 15.9 Å². The summed E-state index contributed by atoms with van der Waals surface area (Å²) in [5.74, 6) is 0. The van der Waals surface area contributed by atoms with E-state index in [1.165, 1.54) is 6.07 Å². The van der Waals surface area contributed by atoms with E-state index in [0.29, 0.717) is 6.29 Å². The number of aldehydes is 1. The second kappa shape index (κ2) is 4.31. The lowest BCUT2D eigenvalue weighted by Crippen LogP contribution is -1.98. The lowest BCUT2D eigenvalue weighted by atomic mass is 10.1. The fraction of sp³-hybridized carbons (Fsp3) is 0. The highest BCUT2D eigenvalue weighted by atomic mass is 79.9. The van der Waals surface area contributed by atoms with Gasteiger partial charge in [0.1, 0.15) is 11.0 Å². The van der Waals surface area contributed by atoms with Crippen LogP contribution in [0.4, 0.5) is 0 Å². The average Bonchev–Trinajstić information content (AvgIpc) is 2.15. The minimum atomic E-state index is -3.99. The van der Waals surface area contributed by atoms with Crippen molar-refractivity contribution >= 4 is 41.9 Å². The van der Waals surface area contributed by atoms with Crippen LogP contribution >= 0.6 is 26.6 Å². The van der Waals surface area contributed by atoms with Crippen molar-refractivity contribution in [2.45, 2.75) is 4.90 Å². The second-order valence-corrected chi connectivity index (χ2v) is 5.84. The molecule has 0 aromatic heterocycles. The van der Waals surface area contributed by atoms with Crippen molar-refractivity contribution in [1.82, 2.24) is 0 Å². The Kier molecular flexibility index (Phi) is 3.50. The molecule has 0 aliphatic heterocycles. The number of nitriles is 1. The molecular weight excluding hydrogens is 306 g/mol. The molecule has 15 heavy (non-hydrogen) atoms. The lowest BCUT2D eigenvalue weighted by molar-refractivity contribution is 0.112. The molecule has 0 atom stereocenters. The van der Waals surface area contributed by atoms with Gasteiger partial charge in [-0.1, -0.05) is 0 Å². The van der Waals surface area contributed by atoms with Crippen molar-refractivity contribution in [2.75, 3.05) is 0 Å². The van der Waals surface area contributed by atoms with Gasteiger partial charge in [-0.25, -0.2) is 8.42 Å². The van der Waals surface area contributed by atoms with Crippen molar-refractivity contribution in [1.29, 1.82) is 5.26 Å². The zero-order chi connectivity index (χ0) is 11.6. The van der Waals surface area contributed by atoms with Crippen molar-refractivity contribution < 1.29 is 13.2 Å². The summed E-state index contributed by atoms with van der Waals surface area (Å²) >= 11 is 2.97. The summed E-state index contributed by atoms with van der Waals surface area (Å²) in [5.41, 5.74) is 0.0187. The van der Waals surface area contributed by atoms with Crippen LogP contribution in [-0.4, -0.2) is 14.7 Å². The van der Waals surface area contributed by atoms with Gasteiger partial charge in [0.15, 0.2) is 6.29 Å². The highest BCUT2D eigenvalue weighted by molar-refractivity contribution is 9.10. The molecule has 0 unspecified atom stereocenters. The Morgan fingerprint density at radius 3 is 2.47 bits per heavy atom. The van der Waals surface area contributed by atoms with Gasteiger partial charge in [-0.3, -0.25) is 4.79 Å². The standard InChI is InChI=1S/C8H3BrClNO3S/c9-8-5(4-12)1-2-7(6(8)3-11)15(10,13)14/h1-2,4H. The van der Waals surface area contributed by atoms with Crippen LogP contribution in [0, 0.1) is 11.3 Å². The van der Waals surface area contributed by atoms with Crippen LogP contribution in [0.5, 0.6) is 0 Å². The Hall–Kier alpha value is -0.900. The highest BCUT2D eigenvalue weighted by Gasteiger charge is 2.19. The van der Waals surface area contributed by atoms with Gasteiger partial charge in [0.25, 0.3) is 9.05 Å². The number of nitrogens with zero attached hydrogens (tertiary/aromatic N) is 1. The summed E-state index contributed by atoms with van der Waals surface area (Å²) in [4.78, 5) is 10.2. The maximum Gasteiger partial charge on any atom is 0.262 e. The minimum absolute atomic E-state index is 0.127. The molecule has 0 fully saturated rings. The van der Waals surface area contributed by atoms with E-state index < -0.39 is 9.05 Å². The highest BCUT2D eigenvalue weighted by Crippen LogP contribution is 2.28. The number of halogens is 2. The minimum Gasteiger partial charge on any atom is -0.298 e. The van der Waals surface area contributed by atoms with Crippen LogP contribution in [0.3, 0.4) is 0 Å². The Labute approximate surface area is 99.0 Å². The van der Waals surface area contributed by atoms with Crippen LogP contribution in [0.2, 0.25) is 0 Å². The molecule has 4 nitrogen and oxygen atoms in total. The molecule has 0 spiro atoms. The van der Waals surface area contributed by atoms with E-state index in [1.807, 2.05) is 0 Å². The first-order valence-corrected chi connectivity index (χ1v) is 6.64. The number of hydrogen-bond donors (Lipinski definition) is 0. The van der Waals surface area contributed by atoms with Gasteiger partial charge < -0.3 is 0 Å². The molecule has 1 rings (SSSR count). The van der Waals surface area contributed by atoms with Gasteiger partial charge in [0.05, 0.1) is 5.56 Å². The Balaban J connectivity index is 3.68. The van der Waals surface area contributed by atoms with Crippen LogP contribution in [0.15, 0.2) is 21.5 Å². The van der Waals surface area contributed by atoms with Crippen molar-refractivity contribution in [2.24, 2.45) is 0 Å². The topological polar surface area (TPSA) is 75.0 Å². The van der Waals surface area contributed by atoms with Crippen molar-refractivity contribution in [3.63, 3.8) is 0 Å². The normalized spacial score (nSPS) is 10.7. The lowest BCUT2D eigenvalue weighted by Gasteiger charge is -2.03. The van der Waals surface area contributed by atoms with Gasteiger partial charge in [0.2, 0.25) is 0 Å². The third-order valence-corrected chi connectivity index (χ3v) is 3.85. The fourth-order valence-corrected chi connectivity index (χ4v) is 2.64. The summed E-state index contributed by atoms with van der Waals surface area (Å²) in [6.07, 6.45) is 0.509. The smallest absolute Gasteiger partial charge is 0.262 e. The van der Waals surface area contributed by atoms with E-state index in [2.05, 4.69) is 15.9 Å². The van der Waals surface area contributed by atoms with Crippen LogP contribution in [-0.2, 0) is 9.05 Å². The molecule has 7 heteroatoms. The summed E-state index contributed by atoms with van der Waals surface area (Å²) in [7, 11) is 1.13. The maximum absolute atomic E-state index is 11.1. The van der Waals surface area contributed by atoms with Crippen molar-refractivity contribution in [3.8, 4) is 6.07 Å². The molecule has 0 bridgehead atoms. The van der Waals surface area contributed by atoms with E-state index in [1.54, 1.807) is 6.07 Å². The van der Waals surface area contributed by atoms with E-state index in [9.17, 15) is 13.2 Å². The van der Waals surface area contributed by atoms with Crippen LogP contribution in [0.25, 0.3) is 0 Å². The summed E-state index contributed by atoms with van der Waals surface area (Å²) in [5, 5.41) is 8.76. The molecule has 0 saturated heterocycles. The maximum atomic E-state index is 11.1. The van der Waals surface area contributed by atoms with Gasteiger partial charge >= 0.3 is 0 Å². The Bertz CT molecular complexity index is 562. The molecule has 0 amide bonds. The molecule has 0 radical (unpaired) electrons. The molecule has 0 heterocycles. The number of hydrogen-bond acceptors (Lipinski definition) is 4. The van der Waals surface area contributed by atoms with E-state index >= 15 is 0 Å². The van der Waals surface area contributed by atoms with Gasteiger partial charge in [-0.05, 0) is 28.1 Å². The van der Waals surface area contributed by atoms with Gasteiger partial charge in [-0.15, -0.1) is 0 Å². The van der Waals surface area contributed by atoms with E-state index in [4.69, 9.17) is 15.9 Å². The van der Waals surface area contributed by atoms with E-state index in [-0.39, 0.29) is 20.5 Å². The molecule has 0 N–H and O–H groups in total. The molecule has 0 saturated carbocycles.